The number of amides is 1. The molecule has 1 amide bonds. The maximum absolute atomic E-state index is 12.7. The average molecular weight is 757 g/mol. The van der Waals surface area contributed by atoms with Gasteiger partial charge in [-0.25, -0.2) is 4.79 Å². The van der Waals surface area contributed by atoms with Crippen molar-refractivity contribution in [2.45, 2.75) is 225 Å². The minimum atomic E-state index is -1.02. The van der Waals surface area contributed by atoms with E-state index in [4.69, 9.17) is 10.5 Å². The van der Waals surface area contributed by atoms with Gasteiger partial charge in [0.2, 0.25) is 5.91 Å². The summed E-state index contributed by atoms with van der Waals surface area (Å²) in [7, 11) is 0. The monoisotopic (exact) mass is 757 g/mol. The number of carbonyl (C=O) groups is 3. The zero-order valence-corrected chi connectivity index (χ0v) is 35.1. The van der Waals surface area contributed by atoms with E-state index in [9.17, 15) is 19.5 Å². The van der Waals surface area contributed by atoms with Crippen molar-refractivity contribution >= 4 is 17.8 Å². The second kappa shape index (κ2) is 41.5. The second-order valence-electron chi connectivity index (χ2n) is 15.1. The van der Waals surface area contributed by atoms with Crippen molar-refractivity contribution < 1.29 is 24.2 Å². The highest BCUT2D eigenvalue weighted by molar-refractivity contribution is 5.83. The molecule has 54 heavy (non-hydrogen) atoms. The molecule has 0 spiro atoms. The summed E-state index contributed by atoms with van der Waals surface area (Å²) in [6.45, 7) is 4.88. The van der Waals surface area contributed by atoms with Gasteiger partial charge in [-0.1, -0.05) is 153 Å². The van der Waals surface area contributed by atoms with Crippen molar-refractivity contribution in [3.8, 4) is 0 Å². The number of aliphatic carboxylic acids is 1. The van der Waals surface area contributed by atoms with E-state index in [2.05, 4.69) is 61.7 Å². The molecule has 0 aromatic heterocycles. The molecular formula is C47H84N2O5. The first kappa shape index (κ1) is 51.3. The molecule has 0 aliphatic carbocycles. The molecule has 0 aliphatic heterocycles. The average Bonchev–Trinajstić information content (AvgIpc) is 3.16. The van der Waals surface area contributed by atoms with Gasteiger partial charge in [-0.05, 0) is 103 Å². The van der Waals surface area contributed by atoms with Crippen molar-refractivity contribution in [3.63, 3.8) is 0 Å². The molecule has 0 heterocycles. The van der Waals surface area contributed by atoms with Crippen LogP contribution >= 0.6 is 0 Å². The summed E-state index contributed by atoms with van der Waals surface area (Å²) < 4.78 is 5.91. The lowest BCUT2D eigenvalue weighted by Gasteiger charge is -2.15. The topological polar surface area (TPSA) is 119 Å². The highest BCUT2D eigenvalue weighted by Crippen LogP contribution is 2.15. The van der Waals surface area contributed by atoms with Crippen LogP contribution in [0.4, 0.5) is 0 Å². The number of esters is 1. The predicted octanol–water partition coefficient (Wildman–Crippen LogP) is 12.8. The molecule has 0 fully saturated rings. The summed E-state index contributed by atoms with van der Waals surface area (Å²) >= 11 is 0. The van der Waals surface area contributed by atoms with Gasteiger partial charge < -0.3 is 20.9 Å². The predicted molar refractivity (Wildman–Crippen MR) is 230 cm³/mol. The summed E-state index contributed by atoms with van der Waals surface area (Å²) in [6, 6.07) is -0.875. The summed E-state index contributed by atoms with van der Waals surface area (Å²) in [4.78, 5) is 36.3. The molecule has 0 aromatic carbocycles. The Morgan fingerprint density at radius 3 is 1.57 bits per heavy atom. The third-order valence-corrected chi connectivity index (χ3v) is 9.85. The number of ether oxygens (including phenoxy) is 1. The van der Waals surface area contributed by atoms with E-state index in [1.165, 1.54) is 109 Å². The number of carboxylic acid groups (broad SMARTS) is 1. The Kier molecular flexibility index (Phi) is 39.4. The highest BCUT2D eigenvalue weighted by Gasteiger charge is 2.19. The lowest BCUT2D eigenvalue weighted by atomic mass is 10.1. The van der Waals surface area contributed by atoms with Gasteiger partial charge in [-0.3, -0.25) is 9.59 Å². The summed E-state index contributed by atoms with van der Waals surface area (Å²) in [6.07, 6.45) is 50.4. The van der Waals surface area contributed by atoms with E-state index in [0.717, 1.165) is 57.8 Å². The first-order valence-corrected chi connectivity index (χ1v) is 22.5. The van der Waals surface area contributed by atoms with E-state index < -0.39 is 12.0 Å². The van der Waals surface area contributed by atoms with Crippen LogP contribution in [0.5, 0.6) is 0 Å². The zero-order valence-electron chi connectivity index (χ0n) is 35.1. The van der Waals surface area contributed by atoms with Crippen molar-refractivity contribution in [1.29, 1.82) is 0 Å². The van der Waals surface area contributed by atoms with Gasteiger partial charge in [0.25, 0.3) is 0 Å². The van der Waals surface area contributed by atoms with Crippen LogP contribution in [0.15, 0.2) is 48.6 Å². The molecule has 0 aromatic rings. The smallest absolute Gasteiger partial charge is 0.326 e. The molecule has 0 saturated carbocycles. The van der Waals surface area contributed by atoms with Gasteiger partial charge in [0.1, 0.15) is 12.1 Å². The standard InChI is InChI=1S/C47H84N2O5/c1-3-5-7-9-11-13-14-15-16-17-18-19-20-21-22-23-24-25-27-29-35-41-46(51)54-43(37-32-28-26-12-10-8-6-4-2)38-33-30-31-34-40-45(50)49-44(47(52)53)39-36-42-48/h12,14-15,17-18,26,32,37,43-44H,3-11,13,16,19-25,27-31,33-36,38-42,48H2,1-2H3,(H,49,50)(H,52,53)/b15-14-,18-17-,26-12-,37-32-. The van der Waals surface area contributed by atoms with Crippen molar-refractivity contribution in [2.75, 3.05) is 6.54 Å². The van der Waals surface area contributed by atoms with Crippen LogP contribution in [-0.4, -0.2) is 41.6 Å². The van der Waals surface area contributed by atoms with E-state index in [1.54, 1.807) is 0 Å². The molecule has 0 rings (SSSR count). The van der Waals surface area contributed by atoms with Crippen LogP contribution in [0.1, 0.15) is 213 Å². The Morgan fingerprint density at radius 1 is 0.556 bits per heavy atom. The quantitative estimate of drug-likeness (QED) is 0.0325. The number of rotatable bonds is 40. The van der Waals surface area contributed by atoms with Gasteiger partial charge >= 0.3 is 11.9 Å². The Bertz CT molecular complexity index is 989. The largest absolute Gasteiger partial charge is 0.480 e. The molecule has 0 bridgehead atoms. The molecular weight excluding hydrogens is 673 g/mol. The first-order valence-electron chi connectivity index (χ1n) is 22.5. The third-order valence-electron chi connectivity index (χ3n) is 9.85. The zero-order chi connectivity index (χ0) is 39.6. The molecule has 312 valence electrons. The number of hydrogen-bond acceptors (Lipinski definition) is 5. The number of unbranched alkanes of at least 4 members (excludes halogenated alkanes) is 20. The van der Waals surface area contributed by atoms with Crippen LogP contribution in [0.3, 0.4) is 0 Å². The van der Waals surface area contributed by atoms with E-state index >= 15 is 0 Å². The molecule has 4 N–H and O–H groups in total. The second-order valence-corrected chi connectivity index (χ2v) is 15.1. The maximum Gasteiger partial charge on any atom is 0.326 e. The SMILES string of the molecule is CCCCC/C=C\C/C=C\C(CCCCCCC(=O)NC(CCCN)C(=O)O)OC(=O)CCCCCCCCCCC/C=C\C/C=C\CCCCCCC. The van der Waals surface area contributed by atoms with Gasteiger partial charge in [-0.2, -0.15) is 0 Å². The molecule has 0 aliphatic rings. The Morgan fingerprint density at radius 2 is 1.02 bits per heavy atom. The van der Waals surface area contributed by atoms with E-state index in [-0.39, 0.29) is 18.0 Å². The Balaban J connectivity index is 4.19. The molecule has 7 heteroatoms. The number of carboxylic acids is 1. The van der Waals surface area contributed by atoms with Gasteiger partial charge in [-0.15, -0.1) is 0 Å². The number of carbonyl (C=O) groups excluding carboxylic acids is 2. The van der Waals surface area contributed by atoms with Gasteiger partial charge in [0, 0.05) is 12.8 Å². The fourth-order valence-corrected chi connectivity index (χ4v) is 6.43. The molecule has 2 unspecified atom stereocenters. The van der Waals surface area contributed by atoms with E-state index in [1.807, 2.05) is 6.08 Å². The number of allylic oxidation sites excluding steroid dienone is 7. The number of nitrogens with one attached hydrogen (secondary N) is 1. The van der Waals surface area contributed by atoms with Crippen molar-refractivity contribution in [1.82, 2.24) is 5.32 Å². The fraction of sp³-hybridized carbons (Fsp3) is 0.766. The normalized spacial score (nSPS) is 13.1. The lowest BCUT2D eigenvalue weighted by molar-refractivity contribution is -0.147. The van der Waals surface area contributed by atoms with Crippen molar-refractivity contribution in [2.24, 2.45) is 5.73 Å². The van der Waals surface area contributed by atoms with Gasteiger partial charge in [0.05, 0.1) is 0 Å². The van der Waals surface area contributed by atoms with Crippen LogP contribution < -0.4 is 11.1 Å². The third kappa shape index (κ3) is 37.6. The molecule has 0 saturated heterocycles. The fourth-order valence-electron chi connectivity index (χ4n) is 6.43. The van der Waals surface area contributed by atoms with Crippen LogP contribution in [0.2, 0.25) is 0 Å². The molecule has 2 atom stereocenters. The summed E-state index contributed by atoms with van der Waals surface area (Å²) in [5.74, 6) is -1.36. The lowest BCUT2D eigenvalue weighted by Crippen LogP contribution is -2.40. The maximum atomic E-state index is 12.7. The van der Waals surface area contributed by atoms with E-state index in [0.29, 0.717) is 38.6 Å². The van der Waals surface area contributed by atoms with Crippen LogP contribution in [-0.2, 0) is 19.1 Å². The summed E-state index contributed by atoms with van der Waals surface area (Å²) in [5.41, 5.74) is 5.48. The van der Waals surface area contributed by atoms with Gasteiger partial charge in [0.15, 0.2) is 0 Å². The van der Waals surface area contributed by atoms with Crippen LogP contribution in [0.25, 0.3) is 0 Å². The molecule has 7 nitrogen and oxygen atoms in total. The summed E-state index contributed by atoms with van der Waals surface area (Å²) in [5, 5.41) is 11.9. The minimum absolute atomic E-state index is 0.109. The minimum Gasteiger partial charge on any atom is -0.480 e. The highest BCUT2D eigenvalue weighted by atomic mass is 16.5. The Labute approximate surface area is 332 Å². The first-order chi connectivity index (χ1) is 26.4. The number of nitrogens with two attached hydrogens (primary N) is 1. The molecule has 0 radical (unpaired) electrons. The van der Waals surface area contributed by atoms with Crippen LogP contribution in [0, 0.1) is 0 Å². The Hall–Kier alpha value is -2.67. The number of hydrogen-bond donors (Lipinski definition) is 3. The van der Waals surface area contributed by atoms with Crippen molar-refractivity contribution in [3.05, 3.63) is 48.6 Å².